The van der Waals surface area contributed by atoms with Crippen molar-refractivity contribution >= 4 is 12.1 Å². The van der Waals surface area contributed by atoms with Gasteiger partial charge in [0.2, 0.25) is 6.41 Å². The van der Waals surface area contributed by atoms with Gasteiger partial charge in [-0.3, -0.25) is 14.3 Å². The fraction of sp³-hybridized carbons (Fsp3) is 0.333. The molecule has 2 aromatic rings. The maximum Gasteiger partial charge on any atom is 0.295 e. The molecule has 106 valence electrons. The Morgan fingerprint density at radius 2 is 1.75 bits per heavy atom. The number of amides is 1. The van der Waals surface area contributed by atoms with E-state index in [1.165, 1.54) is 0 Å². The summed E-state index contributed by atoms with van der Waals surface area (Å²) in [5.74, 6) is 0. The van der Waals surface area contributed by atoms with Gasteiger partial charge in [-0.05, 0) is 39.8 Å². The number of hydrogen-bond donors (Lipinski definition) is 1. The average molecular weight is 273 g/mol. The van der Waals surface area contributed by atoms with Crippen LogP contribution < -0.4 is 10.9 Å². The van der Waals surface area contributed by atoms with Crippen LogP contribution in [0.3, 0.4) is 0 Å². The molecule has 5 nitrogen and oxygen atoms in total. The minimum Gasteiger partial charge on any atom is -0.323 e. The van der Waals surface area contributed by atoms with Crippen LogP contribution in [0.4, 0.5) is 5.69 Å². The van der Waals surface area contributed by atoms with Crippen molar-refractivity contribution in [2.75, 3.05) is 5.32 Å². The summed E-state index contributed by atoms with van der Waals surface area (Å²) >= 11 is 0. The number of nitrogens with one attached hydrogen (secondary N) is 1. The van der Waals surface area contributed by atoms with Crippen LogP contribution in [0.1, 0.15) is 26.5 Å². The Hall–Kier alpha value is -2.30. The van der Waals surface area contributed by atoms with Crippen molar-refractivity contribution in [1.29, 1.82) is 0 Å². The van der Waals surface area contributed by atoms with Gasteiger partial charge in [0.15, 0.2) is 0 Å². The molecule has 1 heterocycles. The number of nitrogens with zero attached hydrogens (tertiary/aromatic N) is 2. The maximum atomic E-state index is 12.6. The molecule has 5 heteroatoms. The summed E-state index contributed by atoms with van der Waals surface area (Å²) in [5, 5.41) is 2.51. The molecule has 2 rings (SSSR count). The molecule has 0 radical (unpaired) electrons. The molecule has 20 heavy (non-hydrogen) atoms. The van der Waals surface area contributed by atoms with Gasteiger partial charge in [0.05, 0.1) is 16.9 Å². The van der Waals surface area contributed by atoms with Crippen molar-refractivity contribution in [3.8, 4) is 5.69 Å². The van der Waals surface area contributed by atoms with Gasteiger partial charge in [-0.15, -0.1) is 0 Å². The Labute approximate surface area is 117 Å². The Bertz CT molecular complexity index is 676. The normalized spacial score (nSPS) is 11.4. The lowest BCUT2D eigenvalue weighted by Crippen LogP contribution is -2.32. The van der Waals surface area contributed by atoms with E-state index in [-0.39, 0.29) is 11.1 Å². The van der Waals surface area contributed by atoms with E-state index in [0.29, 0.717) is 12.1 Å². The highest BCUT2D eigenvalue weighted by Crippen LogP contribution is 2.23. The van der Waals surface area contributed by atoms with Crippen molar-refractivity contribution in [3.63, 3.8) is 0 Å². The van der Waals surface area contributed by atoms with Gasteiger partial charge < -0.3 is 5.32 Å². The molecule has 1 aromatic heterocycles. The van der Waals surface area contributed by atoms with E-state index in [1.807, 2.05) is 62.7 Å². The van der Waals surface area contributed by atoms with Crippen LogP contribution >= 0.6 is 0 Å². The molecule has 0 atom stereocenters. The predicted octanol–water partition coefficient (Wildman–Crippen LogP) is 2.27. The maximum absolute atomic E-state index is 12.6. The van der Waals surface area contributed by atoms with Gasteiger partial charge in [0.25, 0.3) is 5.56 Å². The Balaban J connectivity index is 2.82. The van der Waals surface area contributed by atoms with Crippen molar-refractivity contribution in [2.45, 2.75) is 33.2 Å². The predicted molar refractivity (Wildman–Crippen MR) is 79.4 cm³/mol. The molecular formula is C15H19N3O2. The van der Waals surface area contributed by atoms with Crippen LogP contribution in [-0.2, 0) is 10.3 Å². The number of carbonyl (C=O) groups is 1. The molecule has 0 aliphatic heterocycles. The topological polar surface area (TPSA) is 56.0 Å². The second-order valence-corrected chi connectivity index (χ2v) is 5.66. The van der Waals surface area contributed by atoms with Crippen LogP contribution in [0.15, 0.2) is 35.1 Å². The third kappa shape index (κ3) is 2.27. The molecule has 0 saturated carbocycles. The van der Waals surface area contributed by atoms with E-state index in [4.69, 9.17) is 0 Å². The summed E-state index contributed by atoms with van der Waals surface area (Å²) in [6.07, 6.45) is 0.534. The molecule has 0 unspecified atom stereocenters. The zero-order valence-corrected chi connectivity index (χ0v) is 12.2. The first kappa shape index (κ1) is 14.1. The average Bonchev–Trinajstić information content (AvgIpc) is 2.64. The molecule has 0 bridgehead atoms. The first-order valence-electron chi connectivity index (χ1n) is 6.48. The highest BCUT2D eigenvalue weighted by atomic mass is 16.1. The van der Waals surface area contributed by atoms with Gasteiger partial charge in [-0.25, -0.2) is 4.68 Å². The van der Waals surface area contributed by atoms with E-state index in [1.54, 1.807) is 4.68 Å². The van der Waals surface area contributed by atoms with Crippen molar-refractivity contribution in [2.24, 2.45) is 0 Å². The van der Waals surface area contributed by atoms with Crippen molar-refractivity contribution in [3.05, 3.63) is 46.4 Å². The van der Waals surface area contributed by atoms with Gasteiger partial charge in [-0.2, -0.15) is 0 Å². The third-order valence-electron chi connectivity index (χ3n) is 3.13. The lowest BCUT2D eigenvalue weighted by Gasteiger charge is -2.26. The zero-order chi connectivity index (χ0) is 14.9. The quantitative estimate of drug-likeness (QED) is 0.872. The molecule has 0 fully saturated rings. The Morgan fingerprint density at radius 1 is 1.15 bits per heavy atom. The summed E-state index contributed by atoms with van der Waals surface area (Å²) in [6, 6.07) is 9.39. The van der Waals surface area contributed by atoms with Gasteiger partial charge in [0.1, 0.15) is 5.69 Å². The van der Waals surface area contributed by atoms with Crippen LogP contribution in [0.5, 0.6) is 0 Å². The van der Waals surface area contributed by atoms with Gasteiger partial charge in [0, 0.05) is 0 Å². The van der Waals surface area contributed by atoms with E-state index >= 15 is 0 Å². The third-order valence-corrected chi connectivity index (χ3v) is 3.13. The summed E-state index contributed by atoms with van der Waals surface area (Å²) in [5.41, 5.74) is 1.31. The zero-order valence-electron chi connectivity index (χ0n) is 12.2. The van der Waals surface area contributed by atoms with Crippen molar-refractivity contribution < 1.29 is 4.79 Å². The monoisotopic (exact) mass is 273 g/mol. The first-order chi connectivity index (χ1) is 9.38. The molecule has 0 spiro atoms. The minimum atomic E-state index is -0.290. The number of aromatic nitrogens is 2. The smallest absolute Gasteiger partial charge is 0.295 e. The number of carbonyl (C=O) groups excluding carboxylic acids is 1. The van der Waals surface area contributed by atoms with E-state index in [0.717, 1.165) is 11.4 Å². The number of para-hydroxylation sites is 1. The molecule has 1 amide bonds. The van der Waals surface area contributed by atoms with Crippen LogP contribution in [-0.4, -0.2) is 15.8 Å². The largest absolute Gasteiger partial charge is 0.323 e. The number of rotatable bonds is 3. The van der Waals surface area contributed by atoms with Crippen LogP contribution in [0, 0.1) is 6.92 Å². The van der Waals surface area contributed by atoms with Gasteiger partial charge in [-0.1, -0.05) is 18.2 Å². The molecule has 1 N–H and O–H groups in total. The highest BCUT2D eigenvalue weighted by molar-refractivity contribution is 5.72. The highest BCUT2D eigenvalue weighted by Gasteiger charge is 2.25. The summed E-state index contributed by atoms with van der Waals surface area (Å²) in [6.45, 7) is 7.88. The summed E-state index contributed by atoms with van der Waals surface area (Å²) in [7, 11) is 0. The van der Waals surface area contributed by atoms with E-state index in [9.17, 15) is 9.59 Å². The summed E-state index contributed by atoms with van der Waals surface area (Å²) < 4.78 is 3.50. The van der Waals surface area contributed by atoms with Crippen LogP contribution in [0.25, 0.3) is 5.69 Å². The second kappa shape index (κ2) is 5.00. The number of hydrogen-bond acceptors (Lipinski definition) is 2. The molecule has 0 aliphatic carbocycles. The first-order valence-corrected chi connectivity index (χ1v) is 6.48. The van der Waals surface area contributed by atoms with Crippen molar-refractivity contribution in [1.82, 2.24) is 9.36 Å². The lowest BCUT2D eigenvalue weighted by atomic mass is 10.1. The minimum absolute atomic E-state index is 0.226. The fourth-order valence-electron chi connectivity index (χ4n) is 2.44. The number of anilines is 1. The molecule has 0 aliphatic rings. The summed E-state index contributed by atoms with van der Waals surface area (Å²) in [4.78, 5) is 23.3. The molecule has 0 saturated heterocycles. The van der Waals surface area contributed by atoms with E-state index in [2.05, 4.69) is 5.32 Å². The standard InChI is InChI=1S/C15H19N3O2/c1-11-13(16-10-19)14(20)17(18(11)15(2,3)4)12-8-6-5-7-9-12/h5-10H,1-4H3,(H,16,19). The molecule has 1 aromatic carbocycles. The van der Waals surface area contributed by atoms with Gasteiger partial charge >= 0.3 is 0 Å². The van der Waals surface area contributed by atoms with Crippen LogP contribution in [0.2, 0.25) is 0 Å². The fourth-order valence-corrected chi connectivity index (χ4v) is 2.44. The lowest BCUT2D eigenvalue weighted by molar-refractivity contribution is -0.105. The Kier molecular flexibility index (Phi) is 3.53. The molecular weight excluding hydrogens is 254 g/mol. The SMILES string of the molecule is Cc1c(NC=O)c(=O)n(-c2ccccc2)n1C(C)(C)C. The number of benzene rings is 1. The Morgan fingerprint density at radius 3 is 2.25 bits per heavy atom. The second-order valence-electron chi connectivity index (χ2n) is 5.66. The van der Waals surface area contributed by atoms with E-state index < -0.39 is 0 Å².